The van der Waals surface area contributed by atoms with Crippen molar-refractivity contribution in [2.45, 2.75) is 32.5 Å². The van der Waals surface area contributed by atoms with E-state index >= 15 is 0 Å². The highest BCUT2D eigenvalue weighted by molar-refractivity contribution is 6.83. The summed E-state index contributed by atoms with van der Waals surface area (Å²) in [5.74, 6) is 9.69. The molecule has 0 heterocycles. The molecule has 0 bridgehead atoms. The zero-order valence-corrected chi connectivity index (χ0v) is 8.49. The minimum absolute atomic E-state index is 0.686. The van der Waals surface area contributed by atoms with Gasteiger partial charge in [0.05, 0.1) is 0 Å². The van der Waals surface area contributed by atoms with E-state index in [1.54, 1.807) is 0 Å². The van der Waals surface area contributed by atoms with E-state index in [-0.39, 0.29) is 0 Å². The Morgan fingerprint density at radius 2 is 1.73 bits per heavy atom. The second-order valence-electron chi connectivity index (χ2n) is 4.04. The molecular formula is C10H14Si. The van der Waals surface area contributed by atoms with Crippen LogP contribution in [0.1, 0.15) is 12.8 Å². The Balaban J connectivity index is 2.39. The van der Waals surface area contributed by atoms with Crippen LogP contribution in [0, 0.1) is 29.2 Å². The van der Waals surface area contributed by atoms with Gasteiger partial charge in [0.25, 0.3) is 0 Å². The lowest BCUT2D eigenvalue weighted by molar-refractivity contribution is 1.18. The van der Waals surface area contributed by atoms with Gasteiger partial charge in [-0.1, -0.05) is 25.6 Å². The molecule has 11 heavy (non-hydrogen) atoms. The highest BCUT2D eigenvalue weighted by atomic mass is 28.3. The molecule has 0 aromatic heterocycles. The van der Waals surface area contributed by atoms with Gasteiger partial charge in [0, 0.05) is 5.92 Å². The fraction of sp³-hybridized carbons (Fsp3) is 0.600. The predicted octanol–water partition coefficient (Wildman–Crippen LogP) is 2.28. The summed E-state index contributed by atoms with van der Waals surface area (Å²) >= 11 is 0. The van der Waals surface area contributed by atoms with Gasteiger partial charge in [-0.3, -0.25) is 0 Å². The Morgan fingerprint density at radius 1 is 1.09 bits per heavy atom. The Morgan fingerprint density at radius 3 is 2.18 bits per heavy atom. The normalized spacial score (nSPS) is 15.9. The summed E-state index contributed by atoms with van der Waals surface area (Å²) in [6, 6.07) is 0. The zero-order chi connectivity index (χ0) is 8.32. The Hall–Kier alpha value is -0.663. The van der Waals surface area contributed by atoms with Gasteiger partial charge in [0.1, 0.15) is 8.07 Å². The van der Waals surface area contributed by atoms with E-state index in [1.165, 1.54) is 12.8 Å². The molecule has 0 aromatic rings. The summed E-state index contributed by atoms with van der Waals surface area (Å²) in [5, 5.41) is 0. The van der Waals surface area contributed by atoms with Crippen molar-refractivity contribution in [1.82, 2.24) is 0 Å². The first-order valence-corrected chi connectivity index (χ1v) is 7.61. The largest absolute Gasteiger partial charge is 0.130 e. The quantitative estimate of drug-likeness (QED) is 0.379. The second-order valence-corrected chi connectivity index (χ2v) is 8.79. The molecule has 0 N–H and O–H groups in total. The van der Waals surface area contributed by atoms with Gasteiger partial charge in [0.15, 0.2) is 0 Å². The minimum Gasteiger partial charge on any atom is -0.118 e. The minimum atomic E-state index is -1.17. The van der Waals surface area contributed by atoms with Gasteiger partial charge < -0.3 is 0 Å². The zero-order valence-electron chi connectivity index (χ0n) is 7.49. The maximum Gasteiger partial charge on any atom is 0.130 e. The smallest absolute Gasteiger partial charge is 0.118 e. The van der Waals surface area contributed by atoms with Gasteiger partial charge in [-0.05, 0) is 24.7 Å². The van der Waals surface area contributed by atoms with Crippen LogP contribution < -0.4 is 0 Å². The number of hydrogen-bond donors (Lipinski definition) is 0. The SMILES string of the molecule is C[Si](C)(C)C#CC#CC1CC1. The Bertz CT molecular complexity index is 245. The van der Waals surface area contributed by atoms with Crippen LogP contribution in [0.3, 0.4) is 0 Å². The van der Waals surface area contributed by atoms with Crippen LogP contribution in [0.25, 0.3) is 0 Å². The highest BCUT2D eigenvalue weighted by Crippen LogP contribution is 2.27. The fourth-order valence-electron chi connectivity index (χ4n) is 0.585. The lowest BCUT2D eigenvalue weighted by Gasteiger charge is -2.01. The van der Waals surface area contributed by atoms with Gasteiger partial charge in [-0.15, -0.1) is 5.54 Å². The molecule has 0 aliphatic heterocycles. The molecule has 1 rings (SSSR count). The predicted molar refractivity (Wildman–Crippen MR) is 51.6 cm³/mol. The van der Waals surface area contributed by atoms with E-state index in [0.29, 0.717) is 5.92 Å². The third-order valence-corrected chi connectivity index (χ3v) is 2.23. The van der Waals surface area contributed by atoms with Crippen LogP contribution >= 0.6 is 0 Å². The van der Waals surface area contributed by atoms with Crippen molar-refractivity contribution in [3.8, 4) is 23.3 Å². The second kappa shape index (κ2) is 3.16. The third-order valence-electron chi connectivity index (χ3n) is 1.35. The van der Waals surface area contributed by atoms with Crippen LogP contribution in [-0.2, 0) is 0 Å². The standard InChI is InChI=1S/C10H14Si/c1-11(2,3)9-5-4-6-10-7-8-10/h10H,7-8H2,1-3H3. The van der Waals surface area contributed by atoms with Crippen molar-refractivity contribution in [3.63, 3.8) is 0 Å². The van der Waals surface area contributed by atoms with Gasteiger partial charge >= 0.3 is 0 Å². The summed E-state index contributed by atoms with van der Waals surface area (Å²) in [4.78, 5) is 0. The molecule has 0 radical (unpaired) electrons. The molecule has 1 aliphatic rings. The van der Waals surface area contributed by atoms with E-state index in [1.807, 2.05) is 0 Å². The molecule has 0 amide bonds. The van der Waals surface area contributed by atoms with Crippen molar-refractivity contribution >= 4 is 8.07 Å². The lowest BCUT2D eigenvalue weighted by Crippen LogP contribution is -2.16. The van der Waals surface area contributed by atoms with Gasteiger partial charge in [-0.25, -0.2) is 0 Å². The van der Waals surface area contributed by atoms with Crippen molar-refractivity contribution < 1.29 is 0 Å². The van der Waals surface area contributed by atoms with Crippen molar-refractivity contribution in [2.24, 2.45) is 5.92 Å². The molecule has 0 spiro atoms. The molecule has 1 aliphatic carbocycles. The first kappa shape index (κ1) is 8.43. The topological polar surface area (TPSA) is 0 Å². The van der Waals surface area contributed by atoms with Gasteiger partial charge in [0.2, 0.25) is 0 Å². The monoisotopic (exact) mass is 162 g/mol. The van der Waals surface area contributed by atoms with E-state index in [4.69, 9.17) is 0 Å². The van der Waals surface area contributed by atoms with Crippen LogP contribution in [0.5, 0.6) is 0 Å². The molecule has 0 aromatic carbocycles. The summed E-state index contributed by atoms with van der Waals surface area (Å²) in [5.41, 5.74) is 3.22. The molecule has 58 valence electrons. The highest BCUT2D eigenvalue weighted by Gasteiger charge is 2.17. The van der Waals surface area contributed by atoms with E-state index in [9.17, 15) is 0 Å². The van der Waals surface area contributed by atoms with Crippen molar-refractivity contribution in [1.29, 1.82) is 0 Å². The first-order chi connectivity index (χ1) is 5.08. The molecule has 0 nitrogen and oxygen atoms in total. The molecule has 0 saturated heterocycles. The molecule has 0 unspecified atom stereocenters. The number of hydrogen-bond acceptors (Lipinski definition) is 0. The average Bonchev–Trinajstić information content (AvgIpc) is 2.60. The lowest BCUT2D eigenvalue weighted by atomic mass is 10.4. The van der Waals surface area contributed by atoms with E-state index in [0.717, 1.165) is 0 Å². The molecule has 1 saturated carbocycles. The third kappa shape index (κ3) is 4.70. The summed E-state index contributed by atoms with van der Waals surface area (Å²) < 4.78 is 0. The molecule has 0 atom stereocenters. The summed E-state index contributed by atoms with van der Waals surface area (Å²) in [6.45, 7) is 6.70. The van der Waals surface area contributed by atoms with Crippen molar-refractivity contribution in [3.05, 3.63) is 0 Å². The van der Waals surface area contributed by atoms with Crippen LogP contribution in [0.2, 0.25) is 19.6 Å². The summed E-state index contributed by atoms with van der Waals surface area (Å²) in [7, 11) is -1.17. The van der Waals surface area contributed by atoms with Crippen molar-refractivity contribution in [2.75, 3.05) is 0 Å². The number of rotatable bonds is 0. The summed E-state index contributed by atoms with van der Waals surface area (Å²) in [6.07, 6.45) is 2.59. The Labute approximate surface area is 70.4 Å². The van der Waals surface area contributed by atoms with Crippen LogP contribution in [-0.4, -0.2) is 8.07 Å². The molecular weight excluding hydrogens is 148 g/mol. The fourth-order valence-corrected chi connectivity index (χ4v) is 1.02. The van der Waals surface area contributed by atoms with Crippen LogP contribution in [0.4, 0.5) is 0 Å². The maximum atomic E-state index is 3.22. The maximum absolute atomic E-state index is 3.22. The van der Waals surface area contributed by atoms with E-state index in [2.05, 4.69) is 42.9 Å². The Kier molecular flexibility index (Phi) is 2.42. The van der Waals surface area contributed by atoms with Gasteiger partial charge in [-0.2, -0.15) is 0 Å². The first-order valence-electron chi connectivity index (χ1n) is 4.11. The average molecular weight is 162 g/mol. The van der Waals surface area contributed by atoms with Crippen LogP contribution in [0.15, 0.2) is 0 Å². The molecule has 1 heteroatoms. The van der Waals surface area contributed by atoms with E-state index < -0.39 is 8.07 Å². The molecule has 1 fully saturated rings.